The van der Waals surface area contributed by atoms with E-state index in [1.54, 1.807) is 0 Å². The molecule has 0 aliphatic rings. The molecule has 6 heteroatoms. The van der Waals surface area contributed by atoms with E-state index in [0.717, 1.165) is 19.1 Å². The number of carbonyl (C=O) groups is 2. The van der Waals surface area contributed by atoms with E-state index in [9.17, 15) is 19.8 Å². The normalized spacial score (nSPS) is 16.8. The minimum Gasteiger partial charge on any atom is -0.391 e. The number of unbranched alkanes of at least 4 members (excludes halogenated alkanes) is 2. The summed E-state index contributed by atoms with van der Waals surface area (Å²) in [5.41, 5.74) is 0. The van der Waals surface area contributed by atoms with Crippen molar-refractivity contribution in [2.24, 2.45) is 5.92 Å². The van der Waals surface area contributed by atoms with Crippen LogP contribution in [0, 0.1) is 5.92 Å². The number of nitrogens with one attached hydrogen (secondary N) is 1. The molecule has 21 heavy (non-hydrogen) atoms. The highest BCUT2D eigenvalue weighted by molar-refractivity contribution is 5.73. The molecule has 0 aliphatic heterocycles. The third-order valence-electron chi connectivity index (χ3n) is 3.38. The van der Waals surface area contributed by atoms with Crippen LogP contribution in [0.4, 0.5) is 0 Å². The zero-order valence-corrected chi connectivity index (χ0v) is 13.2. The van der Waals surface area contributed by atoms with E-state index >= 15 is 0 Å². The molecule has 0 radical (unpaired) electrons. The second-order valence-corrected chi connectivity index (χ2v) is 5.41. The third kappa shape index (κ3) is 8.80. The van der Waals surface area contributed by atoms with Gasteiger partial charge in [0.05, 0.1) is 6.10 Å². The van der Waals surface area contributed by atoms with Crippen LogP contribution >= 0.6 is 0 Å². The molecule has 0 saturated carbocycles. The van der Waals surface area contributed by atoms with Crippen molar-refractivity contribution in [2.45, 2.75) is 71.3 Å². The zero-order chi connectivity index (χ0) is 16.3. The molecular weight excluding hydrogens is 274 g/mol. The van der Waals surface area contributed by atoms with Crippen molar-refractivity contribution in [3.63, 3.8) is 0 Å². The summed E-state index contributed by atoms with van der Waals surface area (Å²) in [5, 5.41) is 22.9. The Morgan fingerprint density at radius 1 is 1.33 bits per heavy atom. The molecule has 6 nitrogen and oxygen atoms in total. The fourth-order valence-corrected chi connectivity index (χ4v) is 2.18. The summed E-state index contributed by atoms with van der Waals surface area (Å²) in [4.78, 5) is 21.4. The Labute approximate surface area is 126 Å². The number of hydrogen-bond donors (Lipinski definition) is 3. The molecule has 4 atom stereocenters. The van der Waals surface area contributed by atoms with Crippen LogP contribution in [-0.4, -0.2) is 47.4 Å². The number of amides is 1. The first-order valence-electron chi connectivity index (χ1n) is 7.62. The standard InChI is InChI=1S/C15H29NO5/c1-4-8-11(2)14(19)13(16-12(3)18)15(20)21-10-7-5-6-9-17/h9,11,13-15,19-20H,4-8,10H2,1-3H3,(H,16,18)/t11-,13?,14?,15-/m0/s1. The van der Waals surface area contributed by atoms with Crippen LogP contribution < -0.4 is 5.32 Å². The largest absolute Gasteiger partial charge is 0.391 e. The summed E-state index contributed by atoms with van der Waals surface area (Å²) in [6.45, 7) is 5.50. The zero-order valence-electron chi connectivity index (χ0n) is 13.2. The van der Waals surface area contributed by atoms with Gasteiger partial charge < -0.3 is 25.1 Å². The molecule has 0 spiro atoms. The number of aliphatic hydroxyl groups is 2. The first-order chi connectivity index (χ1) is 9.93. The number of ether oxygens (including phenoxy) is 1. The van der Waals surface area contributed by atoms with Crippen molar-refractivity contribution in [2.75, 3.05) is 6.61 Å². The molecule has 2 unspecified atom stereocenters. The van der Waals surface area contributed by atoms with E-state index in [0.29, 0.717) is 19.3 Å². The Morgan fingerprint density at radius 3 is 2.52 bits per heavy atom. The van der Waals surface area contributed by atoms with Crippen molar-refractivity contribution < 1.29 is 24.5 Å². The molecule has 0 heterocycles. The molecule has 1 amide bonds. The van der Waals surface area contributed by atoms with Crippen LogP contribution in [0.1, 0.15) is 52.9 Å². The molecular formula is C15H29NO5. The number of rotatable bonds is 12. The molecule has 0 aromatic heterocycles. The van der Waals surface area contributed by atoms with Crippen molar-refractivity contribution in [1.82, 2.24) is 5.32 Å². The maximum Gasteiger partial charge on any atom is 0.217 e. The molecule has 0 aromatic carbocycles. The van der Waals surface area contributed by atoms with E-state index in [1.807, 2.05) is 13.8 Å². The highest BCUT2D eigenvalue weighted by Crippen LogP contribution is 2.16. The Kier molecular flexibility index (Phi) is 11.1. The number of hydrogen-bond acceptors (Lipinski definition) is 5. The second-order valence-electron chi connectivity index (χ2n) is 5.41. The number of aldehydes is 1. The monoisotopic (exact) mass is 303 g/mol. The van der Waals surface area contributed by atoms with Gasteiger partial charge in [0.25, 0.3) is 0 Å². The fraction of sp³-hybridized carbons (Fsp3) is 0.867. The predicted octanol–water partition coefficient (Wildman–Crippen LogP) is 0.992. The molecule has 3 N–H and O–H groups in total. The van der Waals surface area contributed by atoms with Crippen LogP contribution in [0.25, 0.3) is 0 Å². The predicted molar refractivity (Wildman–Crippen MR) is 79.6 cm³/mol. The lowest BCUT2D eigenvalue weighted by Crippen LogP contribution is -2.53. The summed E-state index contributed by atoms with van der Waals surface area (Å²) in [5.74, 6) is -0.383. The number of carbonyl (C=O) groups excluding carboxylic acids is 2. The fourth-order valence-electron chi connectivity index (χ4n) is 2.18. The molecule has 0 aromatic rings. The van der Waals surface area contributed by atoms with Crippen LogP contribution in [0.15, 0.2) is 0 Å². The van der Waals surface area contributed by atoms with E-state index < -0.39 is 18.4 Å². The lowest BCUT2D eigenvalue weighted by Gasteiger charge is -2.31. The van der Waals surface area contributed by atoms with Gasteiger partial charge in [-0.2, -0.15) is 0 Å². The van der Waals surface area contributed by atoms with E-state index in [1.165, 1.54) is 6.92 Å². The average molecular weight is 303 g/mol. The summed E-state index contributed by atoms with van der Waals surface area (Å²) in [6.07, 6.45) is 2.20. The van der Waals surface area contributed by atoms with Gasteiger partial charge >= 0.3 is 0 Å². The van der Waals surface area contributed by atoms with Crippen molar-refractivity contribution in [1.29, 1.82) is 0 Å². The Hall–Kier alpha value is -0.980. The Bertz CT molecular complexity index is 298. The van der Waals surface area contributed by atoms with Gasteiger partial charge in [0.1, 0.15) is 12.3 Å². The Morgan fingerprint density at radius 2 is 2.00 bits per heavy atom. The van der Waals surface area contributed by atoms with Crippen molar-refractivity contribution >= 4 is 12.2 Å². The molecule has 0 saturated heterocycles. The highest BCUT2D eigenvalue weighted by atomic mass is 16.6. The van der Waals surface area contributed by atoms with Gasteiger partial charge in [-0.15, -0.1) is 0 Å². The minimum absolute atomic E-state index is 0.0554. The molecule has 0 aliphatic carbocycles. The average Bonchev–Trinajstić information content (AvgIpc) is 2.43. The van der Waals surface area contributed by atoms with Crippen LogP contribution in [0.5, 0.6) is 0 Å². The molecule has 124 valence electrons. The summed E-state index contributed by atoms with van der Waals surface area (Å²) >= 11 is 0. The summed E-state index contributed by atoms with van der Waals surface area (Å²) in [7, 11) is 0. The first-order valence-corrected chi connectivity index (χ1v) is 7.62. The van der Waals surface area contributed by atoms with E-state index in [2.05, 4.69) is 5.32 Å². The SMILES string of the molecule is CCC[C@H](C)C(O)C(NC(C)=O)[C@@H](O)OCCCCC=O. The lowest BCUT2D eigenvalue weighted by molar-refractivity contribution is -0.153. The van der Waals surface area contributed by atoms with Gasteiger partial charge in [-0.25, -0.2) is 0 Å². The second kappa shape index (κ2) is 11.7. The minimum atomic E-state index is -1.26. The van der Waals surface area contributed by atoms with Crippen molar-refractivity contribution in [3.05, 3.63) is 0 Å². The molecule has 0 bridgehead atoms. The van der Waals surface area contributed by atoms with Crippen LogP contribution in [0.3, 0.4) is 0 Å². The first kappa shape index (κ1) is 20.0. The van der Waals surface area contributed by atoms with Gasteiger partial charge in [-0.3, -0.25) is 4.79 Å². The summed E-state index contributed by atoms with van der Waals surface area (Å²) < 4.78 is 5.27. The highest BCUT2D eigenvalue weighted by Gasteiger charge is 2.31. The van der Waals surface area contributed by atoms with E-state index in [-0.39, 0.29) is 18.4 Å². The summed E-state index contributed by atoms with van der Waals surface area (Å²) in [6, 6.07) is -0.852. The quantitative estimate of drug-likeness (QED) is 0.284. The maximum atomic E-state index is 11.2. The van der Waals surface area contributed by atoms with Gasteiger partial charge in [0, 0.05) is 20.0 Å². The van der Waals surface area contributed by atoms with Gasteiger partial charge in [0.2, 0.25) is 5.91 Å². The molecule has 0 rings (SSSR count). The third-order valence-corrected chi connectivity index (χ3v) is 3.38. The maximum absolute atomic E-state index is 11.2. The van der Waals surface area contributed by atoms with Gasteiger partial charge in [0.15, 0.2) is 6.29 Å². The number of aliphatic hydroxyl groups excluding tert-OH is 2. The van der Waals surface area contributed by atoms with Crippen LogP contribution in [-0.2, 0) is 14.3 Å². The Balaban J connectivity index is 4.43. The topological polar surface area (TPSA) is 95.9 Å². The van der Waals surface area contributed by atoms with Gasteiger partial charge in [-0.1, -0.05) is 20.3 Å². The van der Waals surface area contributed by atoms with Gasteiger partial charge in [-0.05, 0) is 25.2 Å². The van der Waals surface area contributed by atoms with Crippen molar-refractivity contribution in [3.8, 4) is 0 Å². The van der Waals surface area contributed by atoms with E-state index in [4.69, 9.17) is 4.74 Å². The molecule has 0 fully saturated rings. The smallest absolute Gasteiger partial charge is 0.217 e. The lowest BCUT2D eigenvalue weighted by atomic mass is 9.93. The van der Waals surface area contributed by atoms with Crippen LogP contribution in [0.2, 0.25) is 0 Å².